The topological polar surface area (TPSA) is 49.4 Å². The summed E-state index contributed by atoms with van der Waals surface area (Å²) in [5.74, 6) is -0.103. The number of nitrogens with one attached hydrogen (secondary N) is 1. The van der Waals surface area contributed by atoms with Crippen LogP contribution in [-0.4, -0.2) is 29.3 Å². The van der Waals surface area contributed by atoms with Crippen LogP contribution < -0.4 is 5.32 Å². The molecule has 27 heavy (non-hydrogen) atoms. The van der Waals surface area contributed by atoms with Gasteiger partial charge in [-0.1, -0.05) is 74.0 Å². The molecule has 0 spiro atoms. The summed E-state index contributed by atoms with van der Waals surface area (Å²) in [4.78, 5) is 27.5. The number of carbonyl (C=O) groups is 2. The minimum atomic E-state index is -0.463. The van der Waals surface area contributed by atoms with E-state index in [1.54, 1.807) is 4.90 Å². The van der Waals surface area contributed by atoms with Crippen molar-refractivity contribution in [2.24, 2.45) is 0 Å². The molecule has 4 heteroatoms. The van der Waals surface area contributed by atoms with Crippen LogP contribution in [0, 0.1) is 6.92 Å². The first-order valence-electron chi connectivity index (χ1n) is 9.71. The quantitative estimate of drug-likeness (QED) is 0.732. The Morgan fingerprint density at radius 2 is 1.63 bits per heavy atom. The Labute approximate surface area is 162 Å². The number of nitrogens with zero attached hydrogens (tertiary/aromatic N) is 1. The lowest BCUT2D eigenvalue weighted by atomic mass is 10.1. The molecule has 0 heterocycles. The summed E-state index contributed by atoms with van der Waals surface area (Å²) in [6.07, 6.45) is 1.75. The van der Waals surface area contributed by atoms with Crippen molar-refractivity contribution in [1.29, 1.82) is 0 Å². The summed E-state index contributed by atoms with van der Waals surface area (Å²) >= 11 is 0. The third kappa shape index (κ3) is 6.24. The lowest BCUT2D eigenvalue weighted by Gasteiger charge is -2.30. The van der Waals surface area contributed by atoms with Gasteiger partial charge >= 0.3 is 0 Å². The van der Waals surface area contributed by atoms with Crippen LogP contribution in [0.3, 0.4) is 0 Å². The van der Waals surface area contributed by atoms with Crippen LogP contribution in [0.25, 0.3) is 0 Å². The number of aryl methyl sites for hydroxylation is 1. The van der Waals surface area contributed by atoms with Gasteiger partial charge in [-0.2, -0.15) is 0 Å². The van der Waals surface area contributed by atoms with E-state index in [4.69, 9.17) is 0 Å². The molecular weight excluding hydrogens is 336 g/mol. The molecule has 2 amide bonds. The predicted octanol–water partition coefficient (Wildman–Crippen LogP) is 3.87. The maximum Gasteiger partial charge on any atom is 0.242 e. The van der Waals surface area contributed by atoms with Crippen LogP contribution in [0.2, 0.25) is 0 Å². The highest BCUT2D eigenvalue weighted by molar-refractivity contribution is 5.88. The Balaban J connectivity index is 2.22. The van der Waals surface area contributed by atoms with Gasteiger partial charge in [0.2, 0.25) is 11.8 Å². The van der Waals surface area contributed by atoms with Crippen molar-refractivity contribution < 1.29 is 9.59 Å². The molecule has 144 valence electrons. The summed E-state index contributed by atoms with van der Waals surface area (Å²) < 4.78 is 0. The molecule has 0 aliphatic heterocycles. The van der Waals surface area contributed by atoms with Gasteiger partial charge in [0.15, 0.2) is 0 Å². The average Bonchev–Trinajstić information content (AvgIpc) is 2.68. The van der Waals surface area contributed by atoms with E-state index in [0.717, 1.165) is 23.1 Å². The van der Waals surface area contributed by atoms with Crippen LogP contribution in [0.4, 0.5) is 0 Å². The lowest BCUT2D eigenvalue weighted by Crippen LogP contribution is -2.49. The van der Waals surface area contributed by atoms with Crippen molar-refractivity contribution >= 4 is 11.8 Å². The second kappa shape index (κ2) is 10.5. The number of hydrogen-bond donors (Lipinski definition) is 1. The molecule has 0 aliphatic carbocycles. The van der Waals surface area contributed by atoms with E-state index in [1.165, 1.54) is 0 Å². The molecule has 0 bridgehead atoms. The van der Waals surface area contributed by atoms with Gasteiger partial charge in [-0.25, -0.2) is 0 Å². The highest BCUT2D eigenvalue weighted by Crippen LogP contribution is 2.15. The smallest absolute Gasteiger partial charge is 0.242 e. The minimum Gasteiger partial charge on any atom is -0.354 e. The van der Waals surface area contributed by atoms with Gasteiger partial charge in [0.05, 0.1) is 6.42 Å². The normalized spacial score (nSPS) is 11.7. The van der Waals surface area contributed by atoms with Crippen molar-refractivity contribution in [3.63, 3.8) is 0 Å². The molecule has 0 aliphatic rings. The maximum atomic E-state index is 13.1. The van der Waals surface area contributed by atoms with Crippen molar-refractivity contribution in [2.45, 2.75) is 52.6 Å². The minimum absolute atomic E-state index is 0.0267. The monoisotopic (exact) mass is 366 g/mol. The van der Waals surface area contributed by atoms with Crippen molar-refractivity contribution in [3.8, 4) is 0 Å². The molecule has 1 atom stereocenters. The molecular formula is C23H30N2O2. The fourth-order valence-corrected chi connectivity index (χ4v) is 3.05. The van der Waals surface area contributed by atoms with Gasteiger partial charge < -0.3 is 10.2 Å². The Morgan fingerprint density at radius 3 is 2.22 bits per heavy atom. The van der Waals surface area contributed by atoms with E-state index in [1.807, 2.05) is 75.4 Å². The van der Waals surface area contributed by atoms with Crippen LogP contribution in [0.1, 0.15) is 43.4 Å². The van der Waals surface area contributed by atoms with E-state index >= 15 is 0 Å². The van der Waals surface area contributed by atoms with E-state index < -0.39 is 6.04 Å². The molecule has 4 nitrogen and oxygen atoms in total. The molecule has 1 N–H and O–H groups in total. The molecule has 0 fully saturated rings. The number of carbonyl (C=O) groups excluding carboxylic acids is 2. The Bertz CT molecular complexity index is 726. The largest absolute Gasteiger partial charge is 0.354 e. The summed E-state index contributed by atoms with van der Waals surface area (Å²) in [5, 5.41) is 2.94. The summed E-state index contributed by atoms with van der Waals surface area (Å²) in [5.41, 5.74) is 3.15. The molecule has 0 unspecified atom stereocenters. The summed E-state index contributed by atoms with van der Waals surface area (Å²) in [6.45, 7) is 7.06. The standard InChI is InChI=1S/C23H30N2O2/c1-4-15-24-23(27)21(5-2)25(17-20-9-7-6-8-10-20)22(26)16-19-13-11-18(3)12-14-19/h6-14,21H,4-5,15-17H2,1-3H3,(H,24,27)/t21-/m1/s1. The molecule has 0 radical (unpaired) electrons. The van der Waals surface area contributed by atoms with Crippen LogP contribution in [0.15, 0.2) is 54.6 Å². The van der Waals surface area contributed by atoms with E-state index in [2.05, 4.69) is 5.32 Å². The van der Waals surface area contributed by atoms with Crippen molar-refractivity contribution in [3.05, 3.63) is 71.3 Å². The fraction of sp³-hybridized carbons (Fsp3) is 0.391. The van der Waals surface area contributed by atoms with Crippen molar-refractivity contribution in [2.75, 3.05) is 6.54 Å². The zero-order valence-corrected chi connectivity index (χ0v) is 16.6. The highest BCUT2D eigenvalue weighted by Gasteiger charge is 2.28. The van der Waals surface area contributed by atoms with Gasteiger partial charge in [-0.3, -0.25) is 9.59 Å². The van der Waals surface area contributed by atoms with Gasteiger partial charge in [-0.05, 0) is 30.9 Å². The van der Waals surface area contributed by atoms with Crippen LogP contribution >= 0.6 is 0 Å². The molecule has 2 aromatic rings. The fourth-order valence-electron chi connectivity index (χ4n) is 3.05. The number of amides is 2. The predicted molar refractivity (Wildman–Crippen MR) is 109 cm³/mol. The van der Waals surface area contributed by atoms with Crippen LogP contribution in [0.5, 0.6) is 0 Å². The Morgan fingerprint density at radius 1 is 0.963 bits per heavy atom. The summed E-state index contributed by atoms with van der Waals surface area (Å²) in [6, 6.07) is 17.4. The lowest BCUT2D eigenvalue weighted by molar-refractivity contribution is -0.140. The first-order chi connectivity index (χ1) is 13.0. The Kier molecular flexibility index (Phi) is 8.05. The maximum absolute atomic E-state index is 13.1. The summed E-state index contributed by atoms with van der Waals surface area (Å²) in [7, 11) is 0. The average molecular weight is 367 g/mol. The number of rotatable bonds is 9. The van der Waals surface area contributed by atoms with Gasteiger partial charge in [0, 0.05) is 13.1 Å². The van der Waals surface area contributed by atoms with Gasteiger partial charge in [0.25, 0.3) is 0 Å². The molecule has 2 rings (SSSR count). The van der Waals surface area contributed by atoms with Crippen molar-refractivity contribution in [1.82, 2.24) is 10.2 Å². The highest BCUT2D eigenvalue weighted by atomic mass is 16.2. The van der Waals surface area contributed by atoms with Gasteiger partial charge in [-0.15, -0.1) is 0 Å². The first kappa shape index (κ1) is 20.7. The zero-order chi connectivity index (χ0) is 19.6. The Hall–Kier alpha value is -2.62. The first-order valence-corrected chi connectivity index (χ1v) is 9.71. The van der Waals surface area contributed by atoms with Crippen LogP contribution in [-0.2, 0) is 22.6 Å². The van der Waals surface area contributed by atoms with Gasteiger partial charge in [0.1, 0.15) is 6.04 Å². The zero-order valence-electron chi connectivity index (χ0n) is 16.6. The SMILES string of the molecule is CCCNC(=O)[C@@H](CC)N(Cc1ccccc1)C(=O)Cc1ccc(C)cc1. The van der Waals surface area contributed by atoms with E-state index in [0.29, 0.717) is 25.9 Å². The molecule has 0 aromatic heterocycles. The van der Waals surface area contributed by atoms with E-state index in [-0.39, 0.29) is 11.8 Å². The third-order valence-corrected chi connectivity index (χ3v) is 4.61. The molecule has 0 saturated heterocycles. The molecule has 2 aromatic carbocycles. The second-order valence-corrected chi connectivity index (χ2v) is 6.88. The number of hydrogen-bond acceptors (Lipinski definition) is 2. The molecule has 0 saturated carbocycles. The third-order valence-electron chi connectivity index (χ3n) is 4.61. The second-order valence-electron chi connectivity index (χ2n) is 6.88. The number of benzene rings is 2. The van der Waals surface area contributed by atoms with E-state index in [9.17, 15) is 9.59 Å².